The summed E-state index contributed by atoms with van der Waals surface area (Å²) in [5, 5.41) is -0.518. The standard InChI is InChI=1S/C14H16ClNO/c15-13(11-4-2-1-3-5-11)14(17)16-9-10-6-7-12(16)8-10/h1-5,10,12-13H,6-9H2. The average Bonchev–Trinajstić information content (AvgIpc) is 3.00. The number of nitrogens with zero attached hydrogens (tertiary/aromatic N) is 1. The van der Waals surface area contributed by atoms with Crippen molar-refractivity contribution in [3.05, 3.63) is 35.9 Å². The molecule has 1 heterocycles. The van der Waals surface area contributed by atoms with Gasteiger partial charge in [0.15, 0.2) is 0 Å². The topological polar surface area (TPSA) is 20.3 Å². The van der Waals surface area contributed by atoms with Crippen LogP contribution in [0.25, 0.3) is 0 Å². The van der Waals surface area contributed by atoms with Gasteiger partial charge in [0.1, 0.15) is 5.38 Å². The zero-order chi connectivity index (χ0) is 11.8. The van der Waals surface area contributed by atoms with E-state index in [4.69, 9.17) is 11.6 Å². The number of amides is 1. The van der Waals surface area contributed by atoms with Crippen molar-refractivity contribution in [2.75, 3.05) is 6.54 Å². The number of benzene rings is 1. The Labute approximate surface area is 107 Å². The van der Waals surface area contributed by atoms with Crippen LogP contribution in [0.1, 0.15) is 30.2 Å². The van der Waals surface area contributed by atoms with E-state index >= 15 is 0 Å². The third-order valence-electron chi connectivity index (χ3n) is 4.00. The molecule has 1 aromatic rings. The fourth-order valence-electron chi connectivity index (χ4n) is 3.10. The summed E-state index contributed by atoms with van der Waals surface area (Å²) in [6, 6.07) is 10.1. The lowest BCUT2D eigenvalue weighted by molar-refractivity contribution is -0.132. The highest BCUT2D eigenvalue weighted by molar-refractivity contribution is 6.30. The van der Waals surface area contributed by atoms with Crippen LogP contribution in [0, 0.1) is 5.92 Å². The summed E-state index contributed by atoms with van der Waals surface area (Å²) in [5.74, 6) is 0.814. The fourth-order valence-corrected chi connectivity index (χ4v) is 3.38. The highest BCUT2D eigenvalue weighted by Gasteiger charge is 2.41. The van der Waals surface area contributed by atoms with Crippen LogP contribution in [0.4, 0.5) is 0 Å². The molecule has 2 aliphatic rings. The molecule has 0 N–H and O–H groups in total. The summed E-state index contributed by atoms with van der Waals surface area (Å²) in [5.41, 5.74) is 0.905. The van der Waals surface area contributed by atoms with Crippen LogP contribution >= 0.6 is 11.6 Å². The van der Waals surface area contributed by atoms with Crippen LogP contribution < -0.4 is 0 Å². The number of likely N-dealkylation sites (tertiary alicyclic amines) is 1. The SMILES string of the molecule is O=C(C(Cl)c1ccccc1)N1CC2CCC1C2. The highest BCUT2D eigenvalue weighted by Crippen LogP contribution is 2.39. The van der Waals surface area contributed by atoms with Crippen LogP contribution in [0.3, 0.4) is 0 Å². The van der Waals surface area contributed by atoms with E-state index in [0.717, 1.165) is 24.4 Å². The largest absolute Gasteiger partial charge is 0.338 e. The number of hydrogen-bond donors (Lipinski definition) is 0. The Morgan fingerprint density at radius 2 is 2.06 bits per heavy atom. The zero-order valence-electron chi connectivity index (χ0n) is 9.68. The molecule has 1 aliphatic carbocycles. The normalized spacial score (nSPS) is 28.4. The van der Waals surface area contributed by atoms with E-state index in [-0.39, 0.29) is 5.91 Å². The maximum Gasteiger partial charge on any atom is 0.245 e. The third-order valence-corrected chi connectivity index (χ3v) is 4.44. The smallest absolute Gasteiger partial charge is 0.245 e. The van der Waals surface area contributed by atoms with Crippen LogP contribution in [-0.2, 0) is 4.79 Å². The average molecular weight is 250 g/mol. The van der Waals surface area contributed by atoms with Gasteiger partial charge in [-0.1, -0.05) is 30.3 Å². The molecule has 0 aromatic heterocycles. The quantitative estimate of drug-likeness (QED) is 0.738. The molecule has 2 bridgehead atoms. The monoisotopic (exact) mass is 249 g/mol. The van der Waals surface area contributed by atoms with Gasteiger partial charge >= 0.3 is 0 Å². The van der Waals surface area contributed by atoms with Crippen molar-refractivity contribution in [2.45, 2.75) is 30.7 Å². The van der Waals surface area contributed by atoms with Gasteiger partial charge in [-0.25, -0.2) is 0 Å². The van der Waals surface area contributed by atoms with E-state index in [0.29, 0.717) is 6.04 Å². The molecular formula is C14H16ClNO. The second kappa shape index (κ2) is 4.34. The number of piperidine rings is 1. The Morgan fingerprint density at radius 3 is 2.65 bits per heavy atom. The van der Waals surface area contributed by atoms with E-state index in [2.05, 4.69) is 0 Å². The molecule has 0 spiro atoms. The van der Waals surface area contributed by atoms with Gasteiger partial charge < -0.3 is 4.90 Å². The van der Waals surface area contributed by atoms with Crippen molar-refractivity contribution >= 4 is 17.5 Å². The predicted molar refractivity (Wildman–Crippen MR) is 67.9 cm³/mol. The molecule has 0 radical (unpaired) electrons. The maximum absolute atomic E-state index is 12.3. The summed E-state index contributed by atoms with van der Waals surface area (Å²) >= 11 is 6.28. The summed E-state index contributed by atoms with van der Waals surface area (Å²) in [7, 11) is 0. The van der Waals surface area contributed by atoms with Crippen molar-refractivity contribution in [3.8, 4) is 0 Å². The van der Waals surface area contributed by atoms with Gasteiger partial charge in [-0.15, -0.1) is 11.6 Å². The number of carbonyl (C=O) groups excluding carboxylic acids is 1. The molecule has 1 aliphatic heterocycles. The minimum Gasteiger partial charge on any atom is -0.338 e. The van der Waals surface area contributed by atoms with E-state index in [1.807, 2.05) is 35.2 Å². The Balaban J connectivity index is 1.74. The molecule has 3 rings (SSSR count). The first-order valence-electron chi connectivity index (χ1n) is 6.25. The second-order valence-electron chi connectivity index (χ2n) is 5.10. The van der Waals surface area contributed by atoms with E-state index in [1.165, 1.54) is 12.8 Å². The number of fused-ring (bicyclic) bond motifs is 2. The van der Waals surface area contributed by atoms with Crippen LogP contribution in [0.5, 0.6) is 0 Å². The Morgan fingerprint density at radius 1 is 1.29 bits per heavy atom. The molecule has 1 saturated heterocycles. The number of halogens is 1. The van der Waals surface area contributed by atoms with Crippen molar-refractivity contribution < 1.29 is 4.79 Å². The predicted octanol–water partition coefficient (Wildman–Crippen LogP) is 2.98. The number of rotatable bonds is 2. The molecule has 3 atom stereocenters. The lowest BCUT2D eigenvalue weighted by Gasteiger charge is -2.28. The molecule has 3 unspecified atom stereocenters. The molecule has 3 heteroatoms. The summed E-state index contributed by atoms with van der Waals surface area (Å²) in [4.78, 5) is 14.3. The first kappa shape index (κ1) is 11.1. The number of alkyl halides is 1. The van der Waals surface area contributed by atoms with Gasteiger partial charge in [-0.3, -0.25) is 4.79 Å². The van der Waals surface area contributed by atoms with Crippen molar-refractivity contribution in [1.82, 2.24) is 4.90 Å². The molecule has 17 heavy (non-hydrogen) atoms. The molecule has 1 amide bonds. The molecule has 2 nitrogen and oxygen atoms in total. The van der Waals surface area contributed by atoms with Crippen molar-refractivity contribution in [2.24, 2.45) is 5.92 Å². The first-order chi connectivity index (χ1) is 8.25. The second-order valence-corrected chi connectivity index (χ2v) is 5.53. The van der Waals surface area contributed by atoms with Crippen LogP contribution in [0.2, 0.25) is 0 Å². The highest BCUT2D eigenvalue weighted by atomic mass is 35.5. The molecule has 90 valence electrons. The number of carbonyl (C=O) groups is 1. The molecule has 1 saturated carbocycles. The number of hydrogen-bond acceptors (Lipinski definition) is 1. The van der Waals surface area contributed by atoms with Crippen molar-refractivity contribution in [3.63, 3.8) is 0 Å². The minimum absolute atomic E-state index is 0.0880. The minimum atomic E-state index is -0.518. The molecule has 1 aromatic carbocycles. The Hall–Kier alpha value is -1.02. The summed E-state index contributed by atoms with van der Waals surface area (Å²) < 4.78 is 0. The maximum atomic E-state index is 12.3. The molecular weight excluding hydrogens is 234 g/mol. The summed E-state index contributed by atoms with van der Waals surface area (Å²) in [6.07, 6.45) is 3.63. The van der Waals surface area contributed by atoms with E-state index in [9.17, 15) is 4.79 Å². The molecule has 2 fully saturated rings. The zero-order valence-corrected chi connectivity index (χ0v) is 10.4. The first-order valence-corrected chi connectivity index (χ1v) is 6.69. The lowest BCUT2D eigenvalue weighted by atomic mass is 10.1. The van der Waals surface area contributed by atoms with E-state index < -0.39 is 5.38 Å². The summed E-state index contributed by atoms with van der Waals surface area (Å²) in [6.45, 7) is 0.916. The van der Waals surface area contributed by atoms with Gasteiger partial charge in [-0.2, -0.15) is 0 Å². The van der Waals surface area contributed by atoms with Gasteiger partial charge in [0, 0.05) is 12.6 Å². The Bertz CT molecular complexity index is 419. The third kappa shape index (κ3) is 1.95. The van der Waals surface area contributed by atoms with Crippen molar-refractivity contribution in [1.29, 1.82) is 0 Å². The van der Waals surface area contributed by atoms with Crippen LogP contribution in [-0.4, -0.2) is 23.4 Å². The van der Waals surface area contributed by atoms with E-state index in [1.54, 1.807) is 0 Å². The van der Waals surface area contributed by atoms with Gasteiger partial charge in [-0.05, 0) is 30.7 Å². The fraction of sp³-hybridized carbons (Fsp3) is 0.500. The van der Waals surface area contributed by atoms with Gasteiger partial charge in [0.05, 0.1) is 0 Å². The lowest BCUT2D eigenvalue weighted by Crippen LogP contribution is -2.39. The van der Waals surface area contributed by atoms with Gasteiger partial charge in [0.2, 0.25) is 5.91 Å². The Kier molecular flexibility index (Phi) is 2.83. The van der Waals surface area contributed by atoms with Gasteiger partial charge in [0.25, 0.3) is 0 Å². The van der Waals surface area contributed by atoms with Crippen LogP contribution in [0.15, 0.2) is 30.3 Å².